The second-order valence-electron chi connectivity index (χ2n) is 7.48. The molecule has 0 unspecified atom stereocenters. The lowest BCUT2D eigenvalue weighted by Gasteiger charge is -2.19. The van der Waals surface area contributed by atoms with E-state index in [2.05, 4.69) is 5.32 Å². The van der Waals surface area contributed by atoms with Crippen molar-refractivity contribution >= 4 is 32.4 Å². The van der Waals surface area contributed by atoms with Crippen LogP contribution in [-0.4, -0.2) is 28.5 Å². The highest BCUT2D eigenvalue weighted by Gasteiger charge is 2.21. The third kappa shape index (κ3) is 4.54. The Bertz CT molecular complexity index is 1390. The van der Waals surface area contributed by atoms with Crippen LogP contribution in [0.5, 0.6) is 5.75 Å². The van der Waals surface area contributed by atoms with Gasteiger partial charge in [0.1, 0.15) is 5.75 Å². The highest BCUT2D eigenvalue weighted by molar-refractivity contribution is 7.92. The molecule has 0 aliphatic carbocycles. The number of sulfonamides is 1. The van der Waals surface area contributed by atoms with Crippen molar-refractivity contribution < 1.29 is 17.9 Å². The smallest absolute Gasteiger partial charge is 0.264 e. The van der Waals surface area contributed by atoms with Crippen molar-refractivity contribution in [3.8, 4) is 5.75 Å². The molecule has 0 radical (unpaired) electrons. The van der Waals surface area contributed by atoms with E-state index in [1.165, 1.54) is 35.6 Å². The summed E-state index contributed by atoms with van der Waals surface area (Å²) in [4.78, 5) is 12.9. The number of benzene rings is 4. The topological polar surface area (TPSA) is 75.7 Å². The summed E-state index contributed by atoms with van der Waals surface area (Å²) < 4.78 is 32.6. The fraction of sp³-hybridized carbons (Fsp3) is 0.115. The number of fused-ring (bicyclic) bond motifs is 1. The standard InChI is InChI=1S/C26H24N2O4S/c1-28(21-9-4-3-5-10-21)33(30,31)22-15-12-20(13-16-22)26(29)27-18-24-23-11-7-6-8-19(23)14-17-25(24)32-2/h3-17H,18H2,1-2H3,(H,27,29). The molecule has 4 aromatic carbocycles. The van der Waals surface area contributed by atoms with Crippen molar-refractivity contribution in [1.29, 1.82) is 0 Å². The number of hydrogen-bond donors (Lipinski definition) is 1. The second kappa shape index (κ2) is 9.34. The summed E-state index contributed by atoms with van der Waals surface area (Å²) in [6, 6.07) is 26.5. The molecule has 0 atom stereocenters. The van der Waals surface area contributed by atoms with Crippen LogP contribution in [0.3, 0.4) is 0 Å². The number of rotatable bonds is 7. The van der Waals surface area contributed by atoms with Crippen LogP contribution in [0.1, 0.15) is 15.9 Å². The maximum atomic E-state index is 12.9. The van der Waals surface area contributed by atoms with Gasteiger partial charge in [0.05, 0.1) is 17.7 Å². The van der Waals surface area contributed by atoms with Gasteiger partial charge in [-0.3, -0.25) is 9.10 Å². The molecule has 0 saturated heterocycles. The fourth-order valence-corrected chi connectivity index (χ4v) is 4.87. The number of carbonyl (C=O) groups is 1. The van der Waals surface area contributed by atoms with Crippen LogP contribution >= 0.6 is 0 Å². The van der Waals surface area contributed by atoms with Crippen LogP contribution in [0.25, 0.3) is 10.8 Å². The number of para-hydroxylation sites is 1. The third-order valence-corrected chi connectivity index (χ3v) is 7.34. The van der Waals surface area contributed by atoms with Crippen molar-refractivity contribution in [3.05, 3.63) is 102 Å². The summed E-state index contributed by atoms with van der Waals surface area (Å²) >= 11 is 0. The number of anilines is 1. The first-order valence-corrected chi connectivity index (χ1v) is 11.8. The molecule has 0 saturated carbocycles. The normalized spacial score (nSPS) is 11.2. The Morgan fingerprint density at radius 1 is 0.879 bits per heavy atom. The molecule has 7 heteroatoms. The molecular formula is C26H24N2O4S. The molecule has 0 spiro atoms. The molecule has 4 rings (SSSR count). The Balaban J connectivity index is 1.51. The zero-order chi connectivity index (χ0) is 23.4. The zero-order valence-corrected chi connectivity index (χ0v) is 19.2. The molecule has 1 N–H and O–H groups in total. The van der Waals surface area contributed by atoms with Crippen molar-refractivity contribution in [3.63, 3.8) is 0 Å². The molecule has 6 nitrogen and oxygen atoms in total. The van der Waals surface area contributed by atoms with Gasteiger partial charge in [0.2, 0.25) is 0 Å². The Labute approximate surface area is 193 Å². The SMILES string of the molecule is COc1ccc2ccccc2c1CNC(=O)c1ccc(S(=O)(=O)N(C)c2ccccc2)cc1. The van der Waals surface area contributed by atoms with E-state index >= 15 is 0 Å². The Morgan fingerprint density at radius 3 is 2.24 bits per heavy atom. The fourth-order valence-electron chi connectivity index (χ4n) is 3.67. The van der Waals surface area contributed by atoms with Crippen LogP contribution < -0.4 is 14.4 Å². The van der Waals surface area contributed by atoms with E-state index in [0.29, 0.717) is 17.0 Å². The van der Waals surface area contributed by atoms with Gasteiger partial charge in [-0.1, -0.05) is 48.5 Å². The first kappa shape index (κ1) is 22.4. The first-order valence-electron chi connectivity index (χ1n) is 10.4. The molecule has 0 aliphatic rings. The maximum Gasteiger partial charge on any atom is 0.264 e. The van der Waals surface area contributed by atoms with Gasteiger partial charge in [0.25, 0.3) is 15.9 Å². The summed E-state index contributed by atoms with van der Waals surface area (Å²) in [5, 5.41) is 4.97. The van der Waals surface area contributed by atoms with Gasteiger partial charge in [0, 0.05) is 24.7 Å². The minimum absolute atomic E-state index is 0.112. The van der Waals surface area contributed by atoms with Crippen molar-refractivity contribution in [2.45, 2.75) is 11.4 Å². The van der Waals surface area contributed by atoms with E-state index in [9.17, 15) is 13.2 Å². The van der Waals surface area contributed by atoms with E-state index < -0.39 is 10.0 Å². The maximum absolute atomic E-state index is 12.9. The molecule has 4 aromatic rings. The summed E-state index contributed by atoms with van der Waals surface area (Å²) in [6.45, 7) is 0.278. The second-order valence-corrected chi connectivity index (χ2v) is 9.45. The summed E-state index contributed by atoms with van der Waals surface area (Å²) in [5.74, 6) is 0.393. The number of hydrogen-bond acceptors (Lipinski definition) is 4. The minimum Gasteiger partial charge on any atom is -0.496 e. The number of nitrogens with one attached hydrogen (secondary N) is 1. The van der Waals surface area contributed by atoms with Crippen LogP contribution in [0, 0.1) is 0 Å². The monoisotopic (exact) mass is 460 g/mol. The van der Waals surface area contributed by atoms with Gasteiger partial charge in [-0.2, -0.15) is 0 Å². The van der Waals surface area contributed by atoms with Crippen molar-refractivity contribution in [2.24, 2.45) is 0 Å². The van der Waals surface area contributed by atoms with Crippen molar-refractivity contribution in [1.82, 2.24) is 5.32 Å². The van der Waals surface area contributed by atoms with Crippen LogP contribution in [0.2, 0.25) is 0 Å². The number of amides is 1. The van der Waals surface area contributed by atoms with Crippen LogP contribution in [0.15, 0.2) is 95.9 Å². The Hall–Kier alpha value is -3.84. The highest BCUT2D eigenvalue weighted by Crippen LogP contribution is 2.28. The van der Waals surface area contributed by atoms with Crippen molar-refractivity contribution in [2.75, 3.05) is 18.5 Å². The zero-order valence-electron chi connectivity index (χ0n) is 18.4. The molecule has 0 heterocycles. The average molecular weight is 461 g/mol. The van der Waals surface area contributed by atoms with Crippen LogP contribution in [-0.2, 0) is 16.6 Å². The van der Waals surface area contributed by atoms with E-state index in [-0.39, 0.29) is 17.3 Å². The molecular weight excluding hydrogens is 436 g/mol. The highest BCUT2D eigenvalue weighted by atomic mass is 32.2. The quantitative estimate of drug-likeness (QED) is 0.437. The lowest BCUT2D eigenvalue weighted by Crippen LogP contribution is -2.27. The van der Waals surface area contributed by atoms with Gasteiger partial charge in [-0.15, -0.1) is 0 Å². The molecule has 0 bridgehead atoms. The average Bonchev–Trinajstić information content (AvgIpc) is 2.87. The van der Waals surface area contributed by atoms with Gasteiger partial charge in [0.15, 0.2) is 0 Å². The predicted molar refractivity (Wildman–Crippen MR) is 130 cm³/mol. The van der Waals surface area contributed by atoms with E-state index in [1.807, 2.05) is 42.5 Å². The summed E-state index contributed by atoms with van der Waals surface area (Å²) in [7, 11) is -0.637. The minimum atomic E-state index is -3.74. The van der Waals surface area contributed by atoms with E-state index in [1.54, 1.807) is 31.4 Å². The van der Waals surface area contributed by atoms with E-state index in [4.69, 9.17) is 4.74 Å². The number of methoxy groups -OCH3 is 1. The number of ether oxygens (including phenoxy) is 1. The van der Waals surface area contributed by atoms with Gasteiger partial charge < -0.3 is 10.1 Å². The molecule has 0 fully saturated rings. The lowest BCUT2D eigenvalue weighted by molar-refractivity contribution is 0.0950. The van der Waals surface area contributed by atoms with Crippen LogP contribution in [0.4, 0.5) is 5.69 Å². The Kier molecular flexibility index (Phi) is 6.33. The molecule has 0 aliphatic heterocycles. The number of carbonyl (C=O) groups excluding carboxylic acids is 1. The van der Waals surface area contributed by atoms with E-state index in [0.717, 1.165) is 16.3 Å². The summed E-state index contributed by atoms with van der Waals surface area (Å²) in [5.41, 5.74) is 1.81. The Morgan fingerprint density at radius 2 is 1.55 bits per heavy atom. The van der Waals surface area contributed by atoms with Gasteiger partial charge in [-0.25, -0.2) is 8.42 Å². The summed E-state index contributed by atoms with van der Waals surface area (Å²) in [6.07, 6.45) is 0. The van der Waals surface area contributed by atoms with Gasteiger partial charge >= 0.3 is 0 Å². The largest absolute Gasteiger partial charge is 0.496 e. The predicted octanol–water partition coefficient (Wildman–Crippen LogP) is 4.60. The third-order valence-electron chi connectivity index (χ3n) is 5.54. The molecule has 0 aromatic heterocycles. The molecule has 33 heavy (non-hydrogen) atoms. The molecule has 1 amide bonds. The van der Waals surface area contributed by atoms with Gasteiger partial charge in [-0.05, 0) is 53.2 Å². The lowest BCUT2D eigenvalue weighted by atomic mass is 10.0. The number of nitrogens with zero attached hydrogens (tertiary/aromatic N) is 1. The molecule has 168 valence electrons. The first-order chi connectivity index (χ1) is 15.9.